The molecule has 0 fully saturated rings. The molecule has 2 aromatic carbocycles. The van der Waals surface area contributed by atoms with Crippen molar-refractivity contribution in [2.24, 2.45) is 0 Å². The van der Waals surface area contributed by atoms with Crippen molar-refractivity contribution in [2.45, 2.75) is 45.4 Å². The van der Waals surface area contributed by atoms with Crippen molar-refractivity contribution in [1.29, 1.82) is 0 Å². The number of fused-ring (bicyclic) bond motifs is 1. The van der Waals surface area contributed by atoms with Gasteiger partial charge in [0.2, 0.25) is 0 Å². The van der Waals surface area contributed by atoms with Crippen molar-refractivity contribution < 1.29 is 9.53 Å². The third kappa shape index (κ3) is 4.14. The Morgan fingerprint density at radius 1 is 1.00 bits per heavy atom. The van der Waals surface area contributed by atoms with Crippen LogP contribution in [0.15, 0.2) is 48.5 Å². The molecule has 0 aliphatic heterocycles. The summed E-state index contributed by atoms with van der Waals surface area (Å²) in [4.78, 5) is 12.0. The molecule has 2 aromatic rings. The SMILES string of the molecule is CC(C)c1ccc(/C=C/C(=O)Oc2ccc3c(c2)CCCC3)cc1. The smallest absolute Gasteiger partial charge is 0.336 e. The van der Waals surface area contributed by atoms with Crippen LogP contribution in [-0.4, -0.2) is 5.97 Å². The second-order valence-corrected chi connectivity index (χ2v) is 6.71. The maximum absolute atomic E-state index is 12.0. The lowest BCUT2D eigenvalue weighted by molar-refractivity contribution is -0.128. The van der Waals surface area contributed by atoms with Gasteiger partial charge in [-0.2, -0.15) is 0 Å². The van der Waals surface area contributed by atoms with Crippen molar-refractivity contribution in [3.63, 3.8) is 0 Å². The van der Waals surface area contributed by atoms with Gasteiger partial charge in [0, 0.05) is 6.08 Å². The zero-order valence-electron chi connectivity index (χ0n) is 14.4. The standard InChI is InChI=1S/C22H24O2/c1-16(2)18-10-7-17(8-11-18)9-14-22(23)24-21-13-12-19-5-3-4-6-20(19)15-21/h7-16H,3-6H2,1-2H3/b14-9+. The first-order valence-electron chi connectivity index (χ1n) is 8.73. The van der Waals surface area contributed by atoms with Crippen LogP contribution in [0.3, 0.4) is 0 Å². The van der Waals surface area contributed by atoms with E-state index in [1.807, 2.05) is 24.3 Å². The predicted molar refractivity (Wildman–Crippen MR) is 98.3 cm³/mol. The van der Waals surface area contributed by atoms with E-state index in [1.54, 1.807) is 6.08 Å². The van der Waals surface area contributed by atoms with Gasteiger partial charge in [-0.15, -0.1) is 0 Å². The van der Waals surface area contributed by atoms with E-state index in [9.17, 15) is 4.79 Å². The summed E-state index contributed by atoms with van der Waals surface area (Å²) in [5, 5.41) is 0. The molecule has 0 heterocycles. The molecule has 2 nitrogen and oxygen atoms in total. The molecule has 0 spiro atoms. The third-order valence-electron chi connectivity index (χ3n) is 4.55. The number of aryl methyl sites for hydroxylation is 2. The number of ether oxygens (including phenoxy) is 1. The molecule has 0 aromatic heterocycles. The molecule has 124 valence electrons. The zero-order valence-corrected chi connectivity index (χ0v) is 14.4. The summed E-state index contributed by atoms with van der Waals surface area (Å²) in [5.41, 5.74) is 5.01. The molecule has 0 saturated carbocycles. The van der Waals surface area contributed by atoms with Crippen molar-refractivity contribution in [2.75, 3.05) is 0 Å². The van der Waals surface area contributed by atoms with E-state index in [4.69, 9.17) is 4.74 Å². The quantitative estimate of drug-likeness (QED) is 0.433. The summed E-state index contributed by atoms with van der Waals surface area (Å²) >= 11 is 0. The Hall–Kier alpha value is -2.35. The Morgan fingerprint density at radius 2 is 1.71 bits per heavy atom. The zero-order chi connectivity index (χ0) is 16.9. The summed E-state index contributed by atoms with van der Waals surface area (Å²) < 4.78 is 5.44. The molecule has 0 unspecified atom stereocenters. The highest BCUT2D eigenvalue weighted by Crippen LogP contribution is 2.25. The minimum Gasteiger partial charge on any atom is -0.423 e. The molecule has 0 bridgehead atoms. The number of esters is 1. The van der Waals surface area contributed by atoms with E-state index in [0.717, 1.165) is 18.4 Å². The van der Waals surface area contributed by atoms with Gasteiger partial charge in [-0.1, -0.05) is 44.2 Å². The number of carbonyl (C=O) groups excluding carboxylic acids is 1. The highest BCUT2D eigenvalue weighted by Gasteiger charge is 2.11. The van der Waals surface area contributed by atoms with Gasteiger partial charge in [-0.05, 0) is 72.1 Å². The van der Waals surface area contributed by atoms with E-state index in [0.29, 0.717) is 11.7 Å². The van der Waals surface area contributed by atoms with Gasteiger partial charge in [0.25, 0.3) is 0 Å². The fourth-order valence-corrected chi connectivity index (χ4v) is 3.08. The summed E-state index contributed by atoms with van der Waals surface area (Å²) in [6, 6.07) is 14.2. The third-order valence-corrected chi connectivity index (χ3v) is 4.55. The first-order chi connectivity index (χ1) is 11.6. The molecule has 0 atom stereocenters. The molecular formula is C22H24O2. The van der Waals surface area contributed by atoms with Gasteiger partial charge in [0.05, 0.1) is 0 Å². The summed E-state index contributed by atoms with van der Waals surface area (Å²) in [6.07, 6.45) is 7.98. The fourth-order valence-electron chi connectivity index (χ4n) is 3.08. The number of carbonyl (C=O) groups is 1. The minimum atomic E-state index is -0.335. The van der Waals surface area contributed by atoms with E-state index >= 15 is 0 Å². The number of rotatable bonds is 4. The topological polar surface area (TPSA) is 26.3 Å². The van der Waals surface area contributed by atoms with Gasteiger partial charge in [0.1, 0.15) is 5.75 Å². The van der Waals surface area contributed by atoms with Crippen molar-refractivity contribution in [1.82, 2.24) is 0 Å². The van der Waals surface area contributed by atoms with E-state index < -0.39 is 0 Å². The van der Waals surface area contributed by atoms with E-state index in [-0.39, 0.29) is 5.97 Å². The predicted octanol–water partition coefficient (Wildman–Crippen LogP) is 5.31. The Kier molecular flexibility index (Phi) is 5.14. The first-order valence-corrected chi connectivity index (χ1v) is 8.73. The number of benzene rings is 2. The van der Waals surface area contributed by atoms with Crippen LogP contribution in [0.25, 0.3) is 6.08 Å². The Bertz CT molecular complexity index is 739. The molecule has 24 heavy (non-hydrogen) atoms. The lowest BCUT2D eigenvalue weighted by Crippen LogP contribution is -2.06. The van der Waals surface area contributed by atoms with Crippen molar-refractivity contribution in [3.05, 3.63) is 70.8 Å². The van der Waals surface area contributed by atoms with Crippen LogP contribution < -0.4 is 4.74 Å². The van der Waals surface area contributed by atoms with Crippen LogP contribution >= 0.6 is 0 Å². The maximum atomic E-state index is 12.0. The van der Waals surface area contributed by atoms with Crippen molar-refractivity contribution >= 4 is 12.0 Å². The van der Waals surface area contributed by atoms with E-state index in [2.05, 4.69) is 32.0 Å². The average Bonchev–Trinajstić information content (AvgIpc) is 2.60. The molecule has 2 heteroatoms. The van der Waals surface area contributed by atoms with Crippen LogP contribution in [0.2, 0.25) is 0 Å². The summed E-state index contributed by atoms with van der Waals surface area (Å²) in [6.45, 7) is 4.33. The number of hydrogen-bond donors (Lipinski definition) is 0. The molecule has 1 aliphatic rings. The second-order valence-electron chi connectivity index (χ2n) is 6.71. The van der Waals surface area contributed by atoms with Gasteiger partial charge < -0.3 is 4.74 Å². The first kappa shape index (κ1) is 16.5. The monoisotopic (exact) mass is 320 g/mol. The Balaban J connectivity index is 1.62. The molecule has 3 rings (SSSR count). The fraction of sp³-hybridized carbons (Fsp3) is 0.318. The normalized spacial score (nSPS) is 14.0. The second kappa shape index (κ2) is 7.48. The van der Waals surface area contributed by atoms with Crippen LogP contribution in [0.4, 0.5) is 0 Å². The van der Waals surface area contributed by atoms with Gasteiger partial charge in [-0.25, -0.2) is 4.79 Å². The minimum absolute atomic E-state index is 0.335. The lowest BCUT2D eigenvalue weighted by Gasteiger charge is -2.16. The van der Waals surface area contributed by atoms with Crippen LogP contribution in [0, 0.1) is 0 Å². The summed E-state index contributed by atoms with van der Waals surface area (Å²) in [7, 11) is 0. The molecule has 0 N–H and O–H groups in total. The highest BCUT2D eigenvalue weighted by atomic mass is 16.5. The summed E-state index contributed by atoms with van der Waals surface area (Å²) in [5.74, 6) is 0.816. The lowest BCUT2D eigenvalue weighted by atomic mass is 9.92. The van der Waals surface area contributed by atoms with Crippen molar-refractivity contribution in [3.8, 4) is 5.75 Å². The molecule has 0 saturated heterocycles. The molecule has 1 aliphatic carbocycles. The number of hydrogen-bond acceptors (Lipinski definition) is 2. The molecule has 0 amide bonds. The van der Waals surface area contributed by atoms with E-state index in [1.165, 1.54) is 35.6 Å². The van der Waals surface area contributed by atoms with Crippen LogP contribution in [0.5, 0.6) is 5.75 Å². The van der Waals surface area contributed by atoms with Crippen LogP contribution in [-0.2, 0) is 17.6 Å². The van der Waals surface area contributed by atoms with Crippen LogP contribution in [0.1, 0.15) is 54.9 Å². The maximum Gasteiger partial charge on any atom is 0.336 e. The average molecular weight is 320 g/mol. The van der Waals surface area contributed by atoms with Gasteiger partial charge in [0.15, 0.2) is 0 Å². The molecular weight excluding hydrogens is 296 g/mol. The Labute approximate surface area is 144 Å². The molecule has 0 radical (unpaired) electrons. The van der Waals surface area contributed by atoms with Gasteiger partial charge in [-0.3, -0.25) is 0 Å². The van der Waals surface area contributed by atoms with Gasteiger partial charge >= 0.3 is 5.97 Å². The highest BCUT2D eigenvalue weighted by molar-refractivity contribution is 5.88. The largest absolute Gasteiger partial charge is 0.423 e. The Morgan fingerprint density at radius 3 is 2.42 bits per heavy atom.